The van der Waals surface area contributed by atoms with Gasteiger partial charge in [0.2, 0.25) is 0 Å². The molecule has 0 spiro atoms. The molecule has 0 radical (unpaired) electrons. The second kappa shape index (κ2) is 10.1. The quantitative estimate of drug-likeness (QED) is 0.394. The molecular weight excluding hydrogens is 326 g/mol. The van der Waals surface area contributed by atoms with Gasteiger partial charge in [-0.15, -0.1) is 0 Å². The number of ketones is 3. The molecule has 140 valence electrons. The van der Waals surface area contributed by atoms with Crippen molar-refractivity contribution in [1.29, 1.82) is 0 Å². The molecule has 0 rings (SSSR count). The first kappa shape index (κ1) is 23.1. The molecule has 0 amide bonds. The first-order valence-corrected chi connectivity index (χ1v) is 7.78. The van der Waals surface area contributed by atoms with Crippen molar-refractivity contribution < 1.29 is 28.9 Å². The van der Waals surface area contributed by atoms with Gasteiger partial charge in [-0.2, -0.15) is 0 Å². The van der Waals surface area contributed by atoms with Crippen molar-refractivity contribution in [1.82, 2.24) is 5.39 Å². The maximum absolute atomic E-state index is 11.9. The van der Waals surface area contributed by atoms with Crippen LogP contribution in [0.3, 0.4) is 0 Å². The maximum atomic E-state index is 11.9. The smallest absolute Gasteiger partial charge is 0.188 e. The average Bonchev–Trinajstić information content (AvgIpc) is 2.51. The Morgan fingerprint density at radius 3 is 1.00 bits per heavy atom. The zero-order chi connectivity index (χ0) is 19.9. The maximum Gasteiger partial charge on any atom is 0.188 e. The standard InChI is InChI=1S/C18H27NO6/c1-10(2)16(20)13(7)23-19(24-14(8)17(21)11(3)4)25-15(9)18(22)12(5)6/h13-15H,1,3,5H2,2,4,6-9H3. The van der Waals surface area contributed by atoms with Crippen LogP contribution in [0, 0.1) is 0 Å². The van der Waals surface area contributed by atoms with Crippen LogP contribution in [0.25, 0.3) is 0 Å². The van der Waals surface area contributed by atoms with Crippen LogP contribution < -0.4 is 0 Å². The monoisotopic (exact) mass is 353 g/mol. The molecule has 0 aromatic heterocycles. The fraction of sp³-hybridized carbons (Fsp3) is 0.500. The summed E-state index contributed by atoms with van der Waals surface area (Å²) in [4.78, 5) is 51.6. The highest BCUT2D eigenvalue weighted by molar-refractivity contribution is 5.98. The van der Waals surface area contributed by atoms with E-state index in [4.69, 9.17) is 14.5 Å². The SMILES string of the molecule is C=C(C)C(=O)C(C)ON(OC(C)C(=O)C(=C)C)OC(C)C(=O)C(=C)C. The van der Waals surface area contributed by atoms with Gasteiger partial charge >= 0.3 is 0 Å². The largest absolute Gasteiger partial charge is 0.292 e. The van der Waals surface area contributed by atoms with Crippen molar-refractivity contribution in [2.75, 3.05) is 0 Å². The second-order valence-electron chi connectivity index (χ2n) is 5.90. The molecule has 25 heavy (non-hydrogen) atoms. The molecule has 0 aliphatic rings. The minimum absolute atomic E-state index is 0.282. The molecule has 3 atom stereocenters. The predicted octanol–water partition coefficient (Wildman–Crippen LogP) is 2.68. The van der Waals surface area contributed by atoms with E-state index in [1.165, 1.54) is 41.5 Å². The van der Waals surface area contributed by atoms with Gasteiger partial charge in [0.1, 0.15) is 18.3 Å². The molecule has 7 nitrogen and oxygen atoms in total. The minimum atomic E-state index is -0.989. The van der Waals surface area contributed by atoms with E-state index in [0.717, 1.165) is 0 Å². The van der Waals surface area contributed by atoms with Crippen molar-refractivity contribution in [3.8, 4) is 0 Å². The molecule has 7 heteroatoms. The molecule has 0 heterocycles. The summed E-state index contributed by atoms with van der Waals surface area (Å²) in [5.74, 6) is -1.14. The summed E-state index contributed by atoms with van der Waals surface area (Å²) < 4.78 is 0. The van der Waals surface area contributed by atoms with E-state index >= 15 is 0 Å². The van der Waals surface area contributed by atoms with Crippen molar-refractivity contribution in [3.63, 3.8) is 0 Å². The average molecular weight is 353 g/mol. The number of carbonyl (C=O) groups is 3. The summed E-state index contributed by atoms with van der Waals surface area (Å²) in [5, 5.41) is 0.516. The van der Waals surface area contributed by atoms with E-state index in [9.17, 15) is 14.4 Å². The molecule has 0 saturated carbocycles. The van der Waals surface area contributed by atoms with Crippen LogP contribution in [0.5, 0.6) is 0 Å². The molecule has 0 bridgehead atoms. The van der Waals surface area contributed by atoms with Gasteiger partial charge in [-0.3, -0.25) is 14.4 Å². The Balaban J connectivity index is 5.22. The van der Waals surface area contributed by atoms with Crippen LogP contribution in [0.2, 0.25) is 0 Å². The Hall–Kier alpha value is -1.93. The van der Waals surface area contributed by atoms with Gasteiger partial charge < -0.3 is 0 Å². The molecule has 0 aliphatic heterocycles. The van der Waals surface area contributed by atoms with Gasteiger partial charge in [-0.1, -0.05) is 19.7 Å². The van der Waals surface area contributed by atoms with Gasteiger partial charge in [-0.05, 0) is 58.3 Å². The van der Waals surface area contributed by atoms with Crippen molar-refractivity contribution in [2.24, 2.45) is 0 Å². The number of nitrogens with zero attached hydrogens (tertiary/aromatic N) is 1. The Labute approximate surface area is 148 Å². The molecule has 0 saturated heterocycles. The first-order valence-electron chi connectivity index (χ1n) is 7.78. The summed E-state index contributed by atoms with van der Waals surface area (Å²) in [6.07, 6.45) is -2.97. The summed E-state index contributed by atoms with van der Waals surface area (Å²) in [6.45, 7) is 19.6. The van der Waals surface area contributed by atoms with E-state index in [1.807, 2.05) is 0 Å². The van der Waals surface area contributed by atoms with Crippen LogP contribution in [0.15, 0.2) is 36.5 Å². The molecular formula is C18H27NO6. The summed E-state index contributed by atoms with van der Waals surface area (Å²) in [6, 6.07) is 0. The Morgan fingerprint density at radius 2 is 0.840 bits per heavy atom. The normalized spacial score (nSPS) is 14.5. The van der Waals surface area contributed by atoms with Crippen LogP contribution in [0.1, 0.15) is 41.5 Å². The number of hydrogen-bond acceptors (Lipinski definition) is 7. The second-order valence-corrected chi connectivity index (χ2v) is 5.90. The molecule has 0 fully saturated rings. The number of rotatable bonds is 12. The van der Waals surface area contributed by atoms with E-state index in [-0.39, 0.29) is 34.1 Å². The Morgan fingerprint density at radius 1 is 0.640 bits per heavy atom. The zero-order valence-electron chi connectivity index (χ0n) is 15.8. The Bertz CT molecular complexity index is 499. The van der Waals surface area contributed by atoms with Crippen molar-refractivity contribution >= 4 is 17.3 Å². The summed E-state index contributed by atoms with van der Waals surface area (Å²) in [7, 11) is 0. The Kier molecular flexibility index (Phi) is 9.37. The fourth-order valence-electron chi connectivity index (χ4n) is 1.65. The van der Waals surface area contributed by atoms with E-state index in [0.29, 0.717) is 5.39 Å². The zero-order valence-corrected chi connectivity index (χ0v) is 15.8. The van der Waals surface area contributed by atoms with E-state index in [2.05, 4.69) is 19.7 Å². The molecule has 0 N–H and O–H groups in total. The highest BCUT2D eigenvalue weighted by Crippen LogP contribution is 2.13. The summed E-state index contributed by atoms with van der Waals surface area (Å²) in [5.41, 5.74) is 0.846. The van der Waals surface area contributed by atoms with Crippen LogP contribution in [-0.2, 0) is 28.9 Å². The third kappa shape index (κ3) is 7.66. The minimum Gasteiger partial charge on any atom is -0.292 e. The topological polar surface area (TPSA) is 82.1 Å². The van der Waals surface area contributed by atoms with Crippen LogP contribution in [0.4, 0.5) is 0 Å². The summed E-state index contributed by atoms with van der Waals surface area (Å²) >= 11 is 0. The number of hydrogen-bond donors (Lipinski definition) is 0. The lowest BCUT2D eigenvalue weighted by molar-refractivity contribution is -0.542. The van der Waals surface area contributed by atoms with E-state index in [1.54, 1.807) is 0 Å². The van der Waals surface area contributed by atoms with Crippen molar-refractivity contribution in [3.05, 3.63) is 36.5 Å². The van der Waals surface area contributed by atoms with Crippen LogP contribution >= 0.6 is 0 Å². The highest BCUT2D eigenvalue weighted by atomic mass is 17.2. The predicted molar refractivity (Wildman–Crippen MR) is 92.9 cm³/mol. The lowest BCUT2D eigenvalue weighted by Crippen LogP contribution is -2.41. The lowest BCUT2D eigenvalue weighted by atomic mass is 10.1. The van der Waals surface area contributed by atoms with Gasteiger partial charge in [0.25, 0.3) is 0 Å². The third-order valence-corrected chi connectivity index (χ3v) is 3.10. The molecule has 3 unspecified atom stereocenters. The number of carbonyl (C=O) groups excluding carboxylic acids is 3. The van der Waals surface area contributed by atoms with Gasteiger partial charge in [0.15, 0.2) is 17.3 Å². The van der Waals surface area contributed by atoms with Crippen molar-refractivity contribution in [2.45, 2.75) is 59.9 Å². The first-order chi connectivity index (χ1) is 11.4. The van der Waals surface area contributed by atoms with Crippen LogP contribution in [-0.4, -0.2) is 41.1 Å². The van der Waals surface area contributed by atoms with Gasteiger partial charge in [0, 0.05) is 0 Å². The lowest BCUT2D eigenvalue weighted by Gasteiger charge is -2.27. The number of Topliss-reactive ketones (excluding diaryl/α,β-unsaturated/α-hetero) is 3. The molecule has 0 aliphatic carbocycles. The third-order valence-electron chi connectivity index (χ3n) is 3.10. The fourth-order valence-corrected chi connectivity index (χ4v) is 1.65. The van der Waals surface area contributed by atoms with E-state index < -0.39 is 18.3 Å². The van der Waals surface area contributed by atoms with Gasteiger partial charge in [-0.25, -0.2) is 14.5 Å². The highest BCUT2D eigenvalue weighted by Gasteiger charge is 2.28. The molecule has 0 aromatic carbocycles. The molecule has 0 aromatic rings. The van der Waals surface area contributed by atoms with Gasteiger partial charge in [0.05, 0.1) is 5.39 Å².